The number of fused-ring (bicyclic) bond motifs is 2. The minimum absolute atomic E-state index is 0.0485. The zero-order valence-electron chi connectivity index (χ0n) is 14.3. The number of halogens is 1. The molecular formula is C17H21IN6OS. The van der Waals surface area contributed by atoms with Crippen LogP contribution in [-0.2, 0) is 0 Å². The highest BCUT2D eigenvalue weighted by atomic mass is 127. The zero-order chi connectivity index (χ0) is 17.7. The molecule has 3 aliphatic rings. The van der Waals surface area contributed by atoms with E-state index in [9.17, 15) is 5.11 Å². The first-order valence-electron chi connectivity index (χ1n) is 9.06. The highest BCUT2D eigenvalue weighted by molar-refractivity contribution is 14.2. The fourth-order valence-electron chi connectivity index (χ4n) is 4.34. The summed E-state index contributed by atoms with van der Waals surface area (Å²) in [6.07, 6.45) is 7.58. The van der Waals surface area contributed by atoms with Crippen molar-refractivity contribution in [2.45, 2.75) is 44.1 Å². The molecule has 0 amide bonds. The third-order valence-electron chi connectivity index (χ3n) is 5.88. The van der Waals surface area contributed by atoms with Crippen molar-refractivity contribution >= 4 is 47.9 Å². The topological polar surface area (TPSA) is 79.1 Å². The van der Waals surface area contributed by atoms with Crippen LogP contribution in [0.3, 0.4) is 0 Å². The van der Waals surface area contributed by atoms with Gasteiger partial charge in [-0.15, -0.1) is 5.10 Å². The van der Waals surface area contributed by atoms with E-state index in [4.69, 9.17) is 4.98 Å². The molecule has 0 aromatic carbocycles. The average Bonchev–Trinajstić information content (AvgIpc) is 3.15. The summed E-state index contributed by atoms with van der Waals surface area (Å²) in [7, 11) is 1.60. The first-order valence-corrected chi connectivity index (χ1v) is 12.4. The van der Waals surface area contributed by atoms with E-state index in [1.54, 1.807) is 15.3 Å². The summed E-state index contributed by atoms with van der Waals surface area (Å²) in [5, 5.41) is 17.7. The van der Waals surface area contributed by atoms with Crippen LogP contribution in [0.1, 0.15) is 43.7 Å². The second-order valence-electron chi connectivity index (χ2n) is 7.72. The zero-order valence-corrected chi connectivity index (χ0v) is 17.3. The van der Waals surface area contributed by atoms with E-state index < -0.39 is 0 Å². The van der Waals surface area contributed by atoms with Crippen molar-refractivity contribution in [2.24, 2.45) is 5.41 Å². The van der Waals surface area contributed by atoms with Gasteiger partial charge in [-0.25, -0.2) is 4.98 Å². The Morgan fingerprint density at radius 1 is 1.35 bits per heavy atom. The van der Waals surface area contributed by atoms with E-state index in [0.29, 0.717) is 12.0 Å². The lowest BCUT2D eigenvalue weighted by molar-refractivity contribution is 0.148. The van der Waals surface area contributed by atoms with Crippen molar-refractivity contribution in [2.75, 3.05) is 23.4 Å². The normalized spacial score (nSPS) is 27.3. The molecule has 9 heteroatoms. The molecule has 5 rings (SSSR count). The molecule has 3 fully saturated rings. The van der Waals surface area contributed by atoms with E-state index in [2.05, 4.69) is 47.6 Å². The van der Waals surface area contributed by atoms with E-state index >= 15 is 0 Å². The minimum atomic E-state index is 0.0485. The number of nitrogens with zero attached hydrogens (tertiary/aromatic N) is 5. The second-order valence-corrected chi connectivity index (χ2v) is 9.39. The summed E-state index contributed by atoms with van der Waals surface area (Å²) in [5.74, 6) is 2.99. The Morgan fingerprint density at radius 3 is 2.96 bits per heavy atom. The maximum absolute atomic E-state index is 9.77. The van der Waals surface area contributed by atoms with Gasteiger partial charge >= 0.3 is 0 Å². The van der Waals surface area contributed by atoms with Crippen LogP contribution in [0, 0.1) is 5.41 Å². The summed E-state index contributed by atoms with van der Waals surface area (Å²) in [4.78, 5) is 11.5. The lowest BCUT2D eigenvalue weighted by Gasteiger charge is -2.31. The van der Waals surface area contributed by atoms with Crippen molar-refractivity contribution in [3.63, 3.8) is 0 Å². The Bertz CT molecular complexity index is 827. The summed E-state index contributed by atoms with van der Waals surface area (Å²) in [6, 6.07) is 4.46. The van der Waals surface area contributed by atoms with Gasteiger partial charge in [0.1, 0.15) is 5.82 Å². The van der Waals surface area contributed by atoms with E-state index in [1.165, 1.54) is 18.5 Å². The highest BCUT2D eigenvalue weighted by Crippen LogP contribution is 2.48. The number of aliphatic hydroxyl groups excluding tert-OH is 1. The molecule has 2 unspecified atom stereocenters. The predicted octanol–water partition coefficient (Wildman–Crippen LogP) is 3.49. The lowest BCUT2D eigenvalue weighted by atomic mass is 9.89. The third kappa shape index (κ3) is 2.97. The molecule has 7 nitrogen and oxygen atoms in total. The van der Waals surface area contributed by atoms with Crippen molar-refractivity contribution < 1.29 is 5.11 Å². The Kier molecular flexibility index (Phi) is 4.28. The molecule has 2 atom stereocenters. The number of nitrogens with one attached hydrogen (secondary N) is 1. The number of hydrogen-bond donors (Lipinski definition) is 2. The van der Waals surface area contributed by atoms with Gasteiger partial charge in [-0.1, -0.05) is 0 Å². The quantitative estimate of drug-likeness (QED) is 0.608. The van der Waals surface area contributed by atoms with Crippen LogP contribution in [0.25, 0.3) is 0 Å². The molecule has 26 heavy (non-hydrogen) atoms. The monoisotopic (exact) mass is 484 g/mol. The Balaban J connectivity index is 1.36. The van der Waals surface area contributed by atoms with Gasteiger partial charge in [-0.2, -0.15) is 9.07 Å². The Labute approximate surface area is 168 Å². The second kappa shape index (κ2) is 6.52. The standard InChI is InChI=1S/C17H21IN6OS/c18-26-24-13(11-1-2-11)7-15(22-24)20-14-4-6-19-16(21-14)23-9-17(10-25)5-3-12(23)8-17/h4,6-7,11-12,25H,1-3,5,8-10H2,(H,19,20,21,22). The van der Waals surface area contributed by atoms with Gasteiger partial charge < -0.3 is 15.3 Å². The SMILES string of the molecule is OCC12CCC(C1)N(c1nccc(Nc3cc(C4CC4)n(SI)n3)n1)C2. The number of rotatable bonds is 6. The van der Waals surface area contributed by atoms with Crippen LogP contribution in [0.15, 0.2) is 18.3 Å². The van der Waals surface area contributed by atoms with Gasteiger partial charge in [0.25, 0.3) is 0 Å². The molecule has 138 valence electrons. The van der Waals surface area contributed by atoms with Crippen LogP contribution >= 0.6 is 30.3 Å². The van der Waals surface area contributed by atoms with Gasteiger partial charge in [0.05, 0.1) is 12.3 Å². The minimum Gasteiger partial charge on any atom is -0.396 e. The number of piperidine rings is 1. The molecule has 0 spiro atoms. The molecule has 3 heterocycles. The third-order valence-corrected chi connectivity index (χ3v) is 7.42. The van der Waals surface area contributed by atoms with Crippen molar-refractivity contribution in [3.8, 4) is 0 Å². The summed E-state index contributed by atoms with van der Waals surface area (Å²) >= 11 is 2.27. The van der Waals surface area contributed by atoms with Crippen LogP contribution in [0.4, 0.5) is 17.6 Å². The maximum Gasteiger partial charge on any atom is 0.227 e. The molecule has 2 aromatic rings. The highest BCUT2D eigenvalue weighted by Gasteiger charge is 2.49. The van der Waals surface area contributed by atoms with Gasteiger partial charge in [-0.05, 0) is 38.2 Å². The molecule has 2 aromatic heterocycles. The first kappa shape index (κ1) is 17.1. The fraction of sp³-hybridized carbons (Fsp3) is 0.588. The van der Waals surface area contributed by atoms with E-state index in [1.807, 2.05) is 10.2 Å². The number of hydrogen-bond acceptors (Lipinski definition) is 7. The Morgan fingerprint density at radius 2 is 2.23 bits per heavy atom. The molecule has 2 saturated carbocycles. The summed E-state index contributed by atoms with van der Waals surface area (Å²) < 4.78 is 1.99. The summed E-state index contributed by atoms with van der Waals surface area (Å²) in [5.41, 5.74) is 1.33. The molecule has 0 radical (unpaired) electrons. The van der Waals surface area contributed by atoms with Gasteiger partial charge in [0, 0.05) is 66.5 Å². The first-order chi connectivity index (χ1) is 12.7. The van der Waals surface area contributed by atoms with Crippen molar-refractivity contribution in [1.29, 1.82) is 0 Å². The summed E-state index contributed by atoms with van der Waals surface area (Å²) in [6.45, 7) is 1.11. The van der Waals surface area contributed by atoms with Gasteiger partial charge in [-0.3, -0.25) is 0 Å². The predicted molar refractivity (Wildman–Crippen MR) is 111 cm³/mol. The number of aromatic nitrogens is 4. The molecule has 1 saturated heterocycles. The van der Waals surface area contributed by atoms with Crippen LogP contribution < -0.4 is 10.2 Å². The average molecular weight is 484 g/mol. The van der Waals surface area contributed by atoms with Crippen molar-refractivity contribution in [1.82, 2.24) is 19.2 Å². The van der Waals surface area contributed by atoms with Crippen LogP contribution in [-0.4, -0.2) is 43.5 Å². The lowest BCUT2D eigenvalue weighted by Crippen LogP contribution is -2.37. The largest absolute Gasteiger partial charge is 0.396 e. The Hall–Kier alpha value is -1.07. The van der Waals surface area contributed by atoms with Crippen molar-refractivity contribution in [3.05, 3.63) is 24.0 Å². The van der Waals surface area contributed by atoms with Gasteiger partial charge in [0.2, 0.25) is 5.95 Å². The van der Waals surface area contributed by atoms with E-state index in [0.717, 1.165) is 43.4 Å². The maximum atomic E-state index is 9.77. The van der Waals surface area contributed by atoms with Crippen LogP contribution in [0.5, 0.6) is 0 Å². The molecular weight excluding hydrogens is 463 g/mol. The van der Waals surface area contributed by atoms with Gasteiger partial charge in [0.15, 0.2) is 5.82 Å². The molecule has 2 aliphatic carbocycles. The number of aliphatic hydroxyl groups is 1. The fourth-order valence-corrected chi connectivity index (χ4v) is 5.69. The molecule has 2 N–H and O–H groups in total. The van der Waals surface area contributed by atoms with E-state index in [-0.39, 0.29) is 12.0 Å². The van der Waals surface area contributed by atoms with Crippen LogP contribution in [0.2, 0.25) is 0 Å². The molecule has 2 bridgehead atoms. The number of anilines is 3. The smallest absolute Gasteiger partial charge is 0.227 e. The molecule has 1 aliphatic heterocycles.